The third-order valence-electron chi connectivity index (χ3n) is 4.16. The number of nitrogens with one attached hydrogen (secondary N) is 1. The molecule has 1 saturated heterocycles. The van der Waals surface area contributed by atoms with Gasteiger partial charge in [-0.15, -0.1) is 0 Å². The number of piperidine rings is 1. The molecule has 0 unspecified atom stereocenters. The van der Waals surface area contributed by atoms with Crippen LogP contribution in [0.4, 0.5) is 11.5 Å². The van der Waals surface area contributed by atoms with E-state index >= 15 is 0 Å². The summed E-state index contributed by atoms with van der Waals surface area (Å²) in [6.45, 7) is 7.38. The number of pyridine rings is 1. The molecule has 0 bridgehead atoms. The number of aromatic nitrogens is 1. The van der Waals surface area contributed by atoms with Crippen molar-refractivity contribution in [2.75, 3.05) is 23.3 Å². The Kier molecular flexibility index (Phi) is 5.52. The summed E-state index contributed by atoms with van der Waals surface area (Å²) in [4.78, 5) is 30.0. The lowest BCUT2D eigenvalue weighted by molar-refractivity contribution is -0.123. The Morgan fingerprint density at radius 3 is 2.50 bits per heavy atom. The van der Waals surface area contributed by atoms with Crippen molar-refractivity contribution in [2.24, 2.45) is 11.8 Å². The Balaban J connectivity index is 1.92. The first-order valence-electron chi connectivity index (χ1n) is 8.05. The lowest BCUT2D eigenvalue weighted by Gasteiger charge is -2.32. The highest BCUT2D eigenvalue weighted by atomic mass is 16.1. The maximum atomic E-state index is 11.7. The van der Waals surface area contributed by atoms with Crippen LogP contribution < -0.4 is 10.2 Å². The quantitative estimate of drug-likeness (QED) is 0.908. The number of Topliss-reactive ketones (excluding diaryl/α,β-unsaturated/α-hetero) is 1. The first kappa shape index (κ1) is 16.5. The van der Waals surface area contributed by atoms with Crippen LogP contribution in [0.15, 0.2) is 18.3 Å². The van der Waals surface area contributed by atoms with E-state index in [9.17, 15) is 9.59 Å². The molecule has 1 N–H and O–H groups in total. The van der Waals surface area contributed by atoms with Gasteiger partial charge in [0.1, 0.15) is 11.6 Å². The number of nitrogens with zero attached hydrogens (tertiary/aromatic N) is 2. The van der Waals surface area contributed by atoms with Crippen LogP contribution in [0, 0.1) is 11.8 Å². The SMILES string of the molecule is CCC(=O)C1CCN(c2ccc(NC(=O)C(C)C)cn2)CC1. The van der Waals surface area contributed by atoms with Crippen molar-refractivity contribution in [2.45, 2.75) is 40.0 Å². The Bertz CT molecular complexity index is 517. The minimum Gasteiger partial charge on any atom is -0.357 e. The molecule has 5 heteroatoms. The van der Waals surface area contributed by atoms with E-state index in [0.717, 1.165) is 37.4 Å². The van der Waals surface area contributed by atoms with E-state index in [-0.39, 0.29) is 17.7 Å². The molecule has 2 heterocycles. The van der Waals surface area contributed by atoms with Gasteiger partial charge in [-0.3, -0.25) is 9.59 Å². The summed E-state index contributed by atoms with van der Waals surface area (Å²) in [7, 11) is 0. The molecule has 1 aromatic heterocycles. The van der Waals surface area contributed by atoms with Gasteiger partial charge < -0.3 is 10.2 Å². The third-order valence-corrected chi connectivity index (χ3v) is 4.16. The first-order valence-corrected chi connectivity index (χ1v) is 8.05. The van der Waals surface area contributed by atoms with Gasteiger partial charge in [0.15, 0.2) is 0 Å². The summed E-state index contributed by atoms with van der Waals surface area (Å²) in [6, 6.07) is 3.81. The Morgan fingerprint density at radius 1 is 1.32 bits per heavy atom. The summed E-state index contributed by atoms with van der Waals surface area (Å²) in [5.41, 5.74) is 0.721. The van der Waals surface area contributed by atoms with Crippen LogP contribution in [0.5, 0.6) is 0 Å². The second-order valence-corrected chi connectivity index (χ2v) is 6.13. The number of rotatable bonds is 5. The smallest absolute Gasteiger partial charge is 0.226 e. The molecule has 1 aliphatic rings. The predicted molar refractivity (Wildman–Crippen MR) is 87.9 cm³/mol. The van der Waals surface area contributed by atoms with Gasteiger partial charge >= 0.3 is 0 Å². The number of hydrogen-bond acceptors (Lipinski definition) is 4. The topological polar surface area (TPSA) is 62.3 Å². The van der Waals surface area contributed by atoms with E-state index in [1.54, 1.807) is 6.20 Å². The molecule has 1 aromatic rings. The number of carbonyl (C=O) groups is 2. The second kappa shape index (κ2) is 7.38. The molecule has 1 amide bonds. The van der Waals surface area contributed by atoms with Gasteiger partial charge in [-0.05, 0) is 25.0 Å². The largest absolute Gasteiger partial charge is 0.357 e. The van der Waals surface area contributed by atoms with E-state index in [2.05, 4.69) is 15.2 Å². The fourth-order valence-electron chi connectivity index (χ4n) is 2.65. The fraction of sp³-hybridized carbons (Fsp3) is 0.588. The van der Waals surface area contributed by atoms with Crippen molar-refractivity contribution in [1.29, 1.82) is 0 Å². The highest BCUT2D eigenvalue weighted by Gasteiger charge is 2.24. The molecule has 0 aromatic carbocycles. The molecule has 0 radical (unpaired) electrons. The van der Waals surface area contributed by atoms with Crippen LogP contribution in [0.3, 0.4) is 0 Å². The highest BCUT2D eigenvalue weighted by molar-refractivity contribution is 5.91. The molecule has 0 atom stereocenters. The van der Waals surface area contributed by atoms with E-state index < -0.39 is 0 Å². The lowest BCUT2D eigenvalue weighted by atomic mass is 9.91. The third kappa shape index (κ3) is 4.06. The molecular weight excluding hydrogens is 278 g/mol. The fourth-order valence-corrected chi connectivity index (χ4v) is 2.65. The minimum atomic E-state index is -0.0465. The van der Waals surface area contributed by atoms with E-state index in [1.165, 1.54) is 0 Å². The molecule has 120 valence electrons. The van der Waals surface area contributed by atoms with Gasteiger partial charge in [-0.25, -0.2) is 4.98 Å². The zero-order valence-electron chi connectivity index (χ0n) is 13.6. The van der Waals surface area contributed by atoms with Crippen molar-refractivity contribution < 1.29 is 9.59 Å². The molecule has 22 heavy (non-hydrogen) atoms. The summed E-state index contributed by atoms with van der Waals surface area (Å²) in [6.07, 6.45) is 4.13. The van der Waals surface area contributed by atoms with Crippen LogP contribution in [0.2, 0.25) is 0 Å². The van der Waals surface area contributed by atoms with Gasteiger partial charge in [-0.2, -0.15) is 0 Å². The van der Waals surface area contributed by atoms with Crippen LogP contribution in [0.1, 0.15) is 40.0 Å². The summed E-state index contributed by atoms with van der Waals surface area (Å²) in [5.74, 6) is 1.44. The molecular formula is C17H25N3O2. The molecule has 2 rings (SSSR count). The number of amides is 1. The van der Waals surface area contributed by atoms with Crippen molar-refractivity contribution in [3.8, 4) is 0 Å². The van der Waals surface area contributed by atoms with E-state index in [1.807, 2.05) is 32.9 Å². The summed E-state index contributed by atoms with van der Waals surface area (Å²) < 4.78 is 0. The zero-order valence-corrected chi connectivity index (χ0v) is 13.6. The normalized spacial score (nSPS) is 15.9. The maximum Gasteiger partial charge on any atom is 0.226 e. The maximum absolute atomic E-state index is 11.7. The second-order valence-electron chi connectivity index (χ2n) is 6.13. The van der Waals surface area contributed by atoms with Crippen LogP contribution in [-0.4, -0.2) is 29.8 Å². The standard InChI is InChI=1S/C17H25N3O2/c1-4-15(21)13-7-9-20(10-8-13)16-6-5-14(11-18-16)19-17(22)12(2)3/h5-6,11-13H,4,7-10H2,1-3H3,(H,19,22). The highest BCUT2D eigenvalue weighted by Crippen LogP contribution is 2.24. The van der Waals surface area contributed by atoms with Crippen LogP contribution in [0.25, 0.3) is 0 Å². The number of hydrogen-bond donors (Lipinski definition) is 1. The Labute approximate surface area is 132 Å². The van der Waals surface area contributed by atoms with Crippen molar-refractivity contribution in [3.63, 3.8) is 0 Å². The van der Waals surface area contributed by atoms with Gasteiger partial charge in [0.05, 0.1) is 11.9 Å². The predicted octanol–water partition coefficient (Wildman–Crippen LogP) is 2.87. The molecule has 0 aliphatic carbocycles. The number of carbonyl (C=O) groups excluding carboxylic acids is 2. The lowest BCUT2D eigenvalue weighted by Crippen LogP contribution is -2.36. The molecule has 1 fully saturated rings. The molecule has 0 saturated carbocycles. The van der Waals surface area contributed by atoms with Gasteiger partial charge in [0, 0.05) is 31.3 Å². The van der Waals surface area contributed by atoms with Crippen LogP contribution >= 0.6 is 0 Å². The van der Waals surface area contributed by atoms with Crippen molar-refractivity contribution >= 4 is 23.2 Å². The van der Waals surface area contributed by atoms with Crippen LogP contribution in [-0.2, 0) is 9.59 Å². The first-order chi connectivity index (χ1) is 10.5. The van der Waals surface area contributed by atoms with Crippen molar-refractivity contribution in [3.05, 3.63) is 18.3 Å². The minimum absolute atomic E-state index is 0.00607. The average molecular weight is 303 g/mol. The summed E-state index contributed by atoms with van der Waals surface area (Å²) in [5, 5.41) is 2.84. The molecule has 5 nitrogen and oxygen atoms in total. The van der Waals surface area contributed by atoms with E-state index in [0.29, 0.717) is 12.2 Å². The Morgan fingerprint density at radius 2 is 2.00 bits per heavy atom. The van der Waals surface area contributed by atoms with Crippen molar-refractivity contribution in [1.82, 2.24) is 4.98 Å². The molecule has 0 spiro atoms. The van der Waals surface area contributed by atoms with Gasteiger partial charge in [-0.1, -0.05) is 20.8 Å². The number of ketones is 1. The van der Waals surface area contributed by atoms with Gasteiger partial charge in [0.2, 0.25) is 5.91 Å². The monoisotopic (exact) mass is 303 g/mol. The van der Waals surface area contributed by atoms with E-state index in [4.69, 9.17) is 0 Å². The zero-order chi connectivity index (χ0) is 16.1. The van der Waals surface area contributed by atoms with Gasteiger partial charge in [0.25, 0.3) is 0 Å². The molecule has 1 aliphatic heterocycles. The average Bonchev–Trinajstić information content (AvgIpc) is 2.55. The Hall–Kier alpha value is -1.91. The summed E-state index contributed by atoms with van der Waals surface area (Å²) >= 11 is 0. The number of anilines is 2.